The summed E-state index contributed by atoms with van der Waals surface area (Å²) < 4.78 is 11.1. The predicted molar refractivity (Wildman–Crippen MR) is 66.0 cm³/mol. The van der Waals surface area contributed by atoms with Crippen molar-refractivity contribution in [2.45, 2.75) is 12.8 Å². The van der Waals surface area contributed by atoms with Crippen LogP contribution in [0.5, 0.6) is 0 Å². The van der Waals surface area contributed by atoms with E-state index in [-0.39, 0.29) is 5.91 Å². The lowest BCUT2D eigenvalue weighted by Crippen LogP contribution is -2.37. The largest absolute Gasteiger partial charge is 0.311 e. The van der Waals surface area contributed by atoms with Crippen LogP contribution in [-0.2, 0) is 22.0 Å². The zero-order chi connectivity index (χ0) is 11.5. The molecule has 0 N–H and O–H groups in total. The lowest BCUT2D eigenvalue weighted by Gasteiger charge is -2.29. The Morgan fingerprint density at radius 2 is 2.06 bits per heavy atom. The number of benzene rings is 1. The van der Waals surface area contributed by atoms with E-state index in [4.69, 9.17) is 0 Å². The molecule has 1 aliphatic rings. The van der Waals surface area contributed by atoms with Crippen molar-refractivity contribution in [3.05, 3.63) is 29.8 Å². The first-order valence-corrected chi connectivity index (χ1v) is 7.09. The minimum absolute atomic E-state index is 0.143. The molecule has 0 saturated carbocycles. The molecule has 1 aromatic carbocycles. The molecule has 16 heavy (non-hydrogen) atoms. The SMILES string of the molecule is CS(=O)CCN1C(=O)CCc2ccccc21. The van der Waals surface area contributed by atoms with Gasteiger partial charge in [-0.3, -0.25) is 9.00 Å². The molecule has 0 aromatic heterocycles. The normalized spacial score (nSPS) is 17.1. The number of carbonyl (C=O) groups is 1. The van der Waals surface area contributed by atoms with Gasteiger partial charge in [0.2, 0.25) is 5.91 Å². The van der Waals surface area contributed by atoms with Gasteiger partial charge in [0.25, 0.3) is 0 Å². The first-order chi connectivity index (χ1) is 7.68. The molecule has 0 spiro atoms. The van der Waals surface area contributed by atoms with Crippen molar-refractivity contribution in [2.75, 3.05) is 23.5 Å². The fourth-order valence-corrected chi connectivity index (χ4v) is 2.40. The highest BCUT2D eigenvalue weighted by Crippen LogP contribution is 2.26. The quantitative estimate of drug-likeness (QED) is 0.795. The monoisotopic (exact) mass is 237 g/mol. The third kappa shape index (κ3) is 2.32. The number of hydrogen-bond donors (Lipinski definition) is 0. The molecule has 2 rings (SSSR count). The van der Waals surface area contributed by atoms with E-state index in [2.05, 4.69) is 6.07 Å². The Kier molecular flexibility index (Phi) is 3.39. The molecule has 3 nitrogen and oxygen atoms in total. The Balaban J connectivity index is 2.23. The summed E-state index contributed by atoms with van der Waals surface area (Å²) in [5.74, 6) is 0.684. The molecule has 0 radical (unpaired) electrons. The van der Waals surface area contributed by atoms with Gasteiger partial charge >= 0.3 is 0 Å². The fraction of sp³-hybridized carbons (Fsp3) is 0.417. The second kappa shape index (κ2) is 4.78. The highest BCUT2D eigenvalue weighted by atomic mass is 32.2. The van der Waals surface area contributed by atoms with E-state index in [0.717, 1.165) is 12.1 Å². The summed E-state index contributed by atoms with van der Waals surface area (Å²) in [5, 5.41) is 0. The molecule has 0 fully saturated rings. The van der Waals surface area contributed by atoms with E-state index in [9.17, 15) is 9.00 Å². The first kappa shape index (κ1) is 11.3. The molecule has 1 heterocycles. The van der Waals surface area contributed by atoms with E-state index < -0.39 is 10.8 Å². The third-order valence-electron chi connectivity index (χ3n) is 2.79. The van der Waals surface area contributed by atoms with Crippen molar-refractivity contribution < 1.29 is 9.00 Å². The van der Waals surface area contributed by atoms with Gasteiger partial charge in [0.05, 0.1) is 0 Å². The molecular weight excluding hydrogens is 222 g/mol. The summed E-state index contributed by atoms with van der Waals surface area (Å²) in [5.41, 5.74) is 2.20. The minimum Gasteiger partial charge on any atom is -0.311 e. The van der Waals surface area contributed by atoms with Gasteiger partial charge in [-0.05, 0) is 18.1 Å². The molecule has 86 valence electrons. The van der Waals surface area contributed by atoms with Crippen LogP contribution in [0.4, 0.5) is 5.69 Å². The zero-order valence-corrected chi connectivity index (χ0v) is 10.1. The molecular formula is C12H15NO2S. The molecule has 4 heteroatoms. The smallest absolute Gasteiger partial charge is 0.227 e. The van der Waals surface area contributed by atoms with Crippen molar-refractivity contribution in [2.24, 2.45) is 0 Å². The minimum atomic E-state index is -0.853. The summed E-state index contributed by atoms with van der Waals surface area (Å²) >= 11 is 0. The third-order valence-corrected chi connectivity index (χ3v) is 3.55. The maximum atomic E-state index is 11.8. The predicted octanol–water partition coefficient (Wildman–Crippen LogP) is 1.34. The lowest BCUT2D eigenvalue weighted by atomic mass is 10.0. The van der Waals surface area contributed by atoms with Crippen LogP contribution in [0.25, 0.3) is 0 Å². The molecule has 1 aliphatic heterocycles. The van der Waals surface area contributed by atoms with E-state index in [1.54, 1.807) is 11.2 Å². The van der Waals surface area contributed by atoms with Crippen LogP contribution >= 0.6 is 0 Å². The molecule has 0 aliphatic carbocycles. The average molecular weight is 237 g/mol. The average Bonchev–Trinajstić information content (AvgIpc) is 2.27. The Bertz CT molecular complexity index is 431. The number of nitrogens with zero attached hydrogens (tertiary/aromatic N) is 1. The van der Waals surface area contributed by atoms with Gasteiger partial charge in [-0.2, -0.15) is 0 Å². The molecule has 1 atom stereocenters. The van der Waals surface area contributed by atoms with Crippen LogP contribution in [0, 0.1) is 0 Å². The van der Waals surface area contributed by atoms with Crippen LogP contribution < -0.4 is 4.90 Å². The van der Waals surface area contributed by atoms with Crippen LogP contribution in [0.1, 0.15) is 12.0 Å². The Labute approximate surface area is 97.9 Å². The fourth-order valence-electron chi connectivity index (χ4n) is 1.96. The van der Waals surface area contributed by atoms with Crippen LogP contribution in [-0.4, -0.2) is 28.7 Å². The van der Waals surface area contributed by atoms with Gasteiger partial charge in [0, 0.05) is 41.5 Å². The molecule has 1 amide bonds. The Hall–Kier alpha value is -1.16. The number of anilines is 1. The number of aryl methyl sites for hydroxylation is 1. The summed E-state index contributed by atoms with van der Waals surface area (Å²) in [4.78, 5) is 13.6. The zero-order valence-electron chi connectivity index (χ0n) is 9.31. The van der Waals surface area contributed by atoms with Gasteiger partial charge in [-0.25, -0.2) is 0 Å². The summed E-state index contributed by atoms with van der Waals surface area (Å²) in [6, 6.07) is 7.95. The van der Waals surface area contributed by atoms with Crippen LogP contribution in [0.2, 0.25) is 0 Å². The highest BCUT2D eigenvalue weighted by Gasteiger charge is 2.23. The number of fused-ring (bicyclic) bond motifs is 1. The van der Waals surface area contributed by atoms with Gasteiger partial charge < -0.3 is 4.90 Å². The number of hydrogen-bond acceptors (Lipinski definition) is 2. The van der Waals surface area contributed by atoms with Gasteiger partial charge in [-0.1, -0.05) is 18.2 Å². The van der Waals surface area contributed by atoms with E-state index >= 15 is 0 Å². The van der Waals surface area contributed by atoms with Crippen molar-refractivity contribution in [1.82, 2.24) is 0 Å². The van der Waals surface area contributed by atoms with Crippen molar-refractivity contribution in [1.29, 1.82) is 0 Å². The Morgan fingerprint density at radius 3 is 2.81 bits per heavy atom. The topological polar surface area (TPSA) is 37.4 Å². The lowest BCUT2D eigenvalue weighted by molar-refractivity contribution is -0.118. The summed E-state index contributed by atoms with van der Waals surface area (Å²) in [6.07, 6.45) is 3.05. The number of amides is 1. The standard InChI is InChI=1S/C12H15NO2S/c1-16(15)9-8-13-11-5-3-2-4-10(11)6-7-12(13)14/h2-5H,6-9H2,1H3. The summed E-state index contributed by atoms with van der Waals surface area (Å²) in [7, 11) is -0.853. The number of carbonyl (C=O) groups excluding carboxylic acids is 1. The van der Waals surface area contributed by atoms with E-state index in [1.807, 2.05) is 18.2 Å². The second-order valence-corrected chi connectivity index (χ2v) is 5.51. The van der Waals surface area contributed by atoms with Gasteiger partial charge in [-0.15, -0.1) is 0 Å². The molecule has 0 bridgehead atoms. The van der Waals surface area contributed by atoms with E-state index in [0.29, 0.717) is 18.7 Å². The van der Waals surface area contributed by atoms with Crippen molar-refractivity contribution in [3.8, 4) is 0 Å². The Morgan fingerprint density at radius 1 is 1.31 bits per heavy atom. The summed E-state index contributed by atoms with van der Waals surface area (Å²) in [6.45, 7) is 0.555. The maximum Gasteiger partial charge on any atom is 0.227 e. The highest BCUT2D eigenvalue weighted by molar-refractivity contribution is 7.84. The molecule has 0 saturated heterocycles. The van der Waals surface area contributed by atoms with Crippen LogP contribution in [0.3, 0.4) is 0 Å². The number of para-hydroxylation sites is 1. The second-order valence-electron chi connectivity index (χ2n) is 3.95. The number of rotatable bonds is 3. The van der Waals surface area contributed by atoms with Gasteiger partial charge in [0.1, 0.15) is 0 Å². The van der Waals surface area contributed by atoms with Crippen molar-refractivity contribution >= 4 is 22.4 Å². The van der Waals surface area contributed by atoms with Crippen LogP contribution in [0.15, 0.2) is 24.3 Å². The van der Waals surface area contributed by atoms with Crippen molar-refractivity contribution in [3.63, 3.8) is 0 Å². The molecule has 1 unspecified atom stereocenters. The maximum absolute atomic E-state index is 11.8. The van der Waals surface area contributed by atoms with E-state index in [1.165, 1.54) is 5.56 Å². The van der Waals surface area contributed by atoms with Gasteiger partial charge in [0.15, 0.2) is 0 Å². The molecule has 1 aromatic rings. The first-order valence-electron chi connectivity index (χ1n) is 5.37.